The minimum Gasteiger partial charge on any atom is -0.489 e. The van der Waals surface area contributed by atoms with Crippen LogP contribution in [0.15, 0.2) is 54.6 Å². The van der Waals surface area contributed by atoms with E-state index in [0.717, 1.165) is 77.5 Å². The van der Waals surface area contributed by atoms with Gasteiger partial charge in [-0.25, -0.2) is 4.68 Å². The smallest absolute Gasteiger partial charge is 0.150 e. The summed E-state index contributed by atoms with van der Waals surface area (Å²) < 4.78 is 14.3. The molecule has 3 unspecified atom stereocenters. The summed E-state index contributed by atoms with van der Waals surface area (Å²) in [6.45, 7) is 3.97. The Bertz CT molecular complexity index is 1410. The molecule has 0 spiro atoms. The molecule has 6 rings (SSSR count). The Kier molecular flexibility index (Phi) is 5.89. The molecule has 0 aliphatic carbocycles. The van der Waals surface area contributed by atoms with Gasteiger partial charge in [0.05, 0.1) is 17.1 Å². The summed E-state index contributed by atoms with van der Waals surface area (Å²) in [5.74, 6) is 0.897. The Balaban J connectivity index is 1.36. The quantitative estimate of drug-likeness (QED) is 0.394. The van der Waals surface area contributed by atoms with E-state index >= 15 is 0 Å². The minimum absolute atomic E-state index is 0.0653. The van der Waals surface area contributed by atoms with E-state index in [1.807, 2.05) is 22.9 Å². The number of nitrogens with zero attached hydrogens (tertiary/aromatic N) is 3. The number of benzene rings is 3. The number of nitriles is 1. The summed E-state index contributed by atoms with van der Waals surface area (Å²) in [6, 6.07) is 21.2. The van der Waals surface area contributed by atoms with E-state index in [1.54, 1.807) is 0 Å². The molecule has 3 aromatic carbocycles. The molecule has 4 aromatic rings. The van der Waals surface area contributed by atoms with Crippen molar-refractivity contribution in [1.82, 2.24) is 15.1 Å². The van der Waals surface area contributed by atoms with E-state index in [-0.39, 0.29) is 12.3 Å². The molecule has 178 valence electrons. The fourth-order valence-corrected chi connectivity index (χ4v) is 5.41. The molecule has 0 saturated carbocycles. The van der Waals surface area contributed by atoms with Crippen molar-refractivity contribution >= 4 is 21.7 Å². The molecule has 0 radical (unpaired) electrons. The van der Waals surface area contributed by atoms with Crippen molar-refractivity contribution < 1.29 is 9.47 Å². The van der Waals surface area contributed by atoms with Crippen molar-refractivity contribution in [2.24, 2.45) is 0 Å². The summed E-state index contributed by atoms with van der Waals surface area (Å²) in [4.78, 5) is 0. The third-order valence-electron chi connectivity index (χ3n) is 7.34. The largest absolute Gasteiger partial charge is 0.489 e. The standard InChI is InChI=1S/C29H30N4O2/c1-19(26-5-4-13-31-26)35-24-11-10-21-16-23(9-8-22(21)17-24)29-25-15-20(18-30)7-12-27(25)33(32-29)28-6-2-3-14-34-28/h7-12,15-17,19,26,28,31H,2-6,13-14H2,1H3. The normalized spacial score (nSPS) is 21.3. The Labute approximate surface area is 205 Å². The zero-order valence-corrected chi connectivity index (χ0v) is 20.0. The highest BCUT2D eigenvalue weighted by Crippen LogP contribution is 2.35. The number of hydrogen-bond acceptors (Lipinski definition) is 5. The SMILES string of the molecule is CC(Oc1ccc2cc(-c3nn(C4CCCCO4)c4ccc(C#N)cc34)ccc2c1)C1CCCN1. The Morgan fingerprint density at radius 3 is 2.74 bits per heavy atom. The molecule has 2 aliphatic rings. The van der Waals surface area contributed by atoms with E-state index in [4.69, 9.17) is 14.6 Å². The van der Waals surface area contributed by atoms with Crippen LogP contribution in [0.25, 0.3) is 32.9 Å². The molecule has 0 bridgehead atoms. The highest BCUT2D eigenvalue weighted by Gasteiger charge is 2.23. The molecule has 0 amide bonds. The van der Waals surface area contributed by atoms with Gasteiger partial charge in [0.15, 0.2) is 6.23 Å². The minimum atomic E-state index is -0.0653. The number of nitrogens with one attached hydrogen (secondary N) is 1. The van der Waals surface area contributed by atoms with Crippen LogP contribution in [0, 0.1) is 11.3 Å². The van der Waals surface area contributed by atoms with Crippen molar-refractivity contribution in [2.45, 2.75) is 57.4 Å². The van der Waals surface area contributed by atoms with Crippen molar-refractivity contribution in [3.05, 3.63) is 60.2 Å². The lowest BCUT2D eigenvalue weighted by Gasteiger charge is -2.23. The molecule has 3 atom stereocenters. The number of hydrogen-bond donors (Lipinski definition) is 1. The van der Waals surface area contributed by atoms with Gasteiger partial charge in [0.2, 0.25) is 0 Å². The summed E-state index contributed by atoms with van der Waals surface area (Å²) in [5, 5.41) is 21.3. The van der Waals surface area contributed by atoms with Crippen molar-refractivity contribution in [1.29, 1.82) is 5.26 Å². The summed E-state index contributed by atoms with van der Waals surface area (Å²) in [6.07, 6.45) is 5.63. The van der Waals surface area contributed by atoms with Crippen LogP contribution < -0.4 is 10.1 Å². The zero-order chi connectivity index (χ0) is 23.8. The fourth-order valence-electron chi connectivity index (χ4n) is 5.41. The van der Waals surface area contributed by atoms with Gasteiger partial charge in [0.25, 0.3) is 0 Å². The van der Waals surface area contributed by atoms with Crippen molar-refractivity contribution in [2.75, 3.05) is 13.2 Å². The number of fused-ring (bicyclic) bond motifs is 2. The first-order valence-corrected chi connectivity index (χ1v) is 12.7. The predicted octanol–water partition coefficient (Wildman–Crippen LogP) is 5.95. The average molecular weight is 467 g/mol. The molecule has 1 aromatic heterocycles. The van der Waals surface area contributed by atoms with Crippen LogP contribution in [0.5, 0.6) is 5.75 Å². The van der Waals surface area contributed by atoms with Gasteiger partial charge in [-0.3, -0.25) is 0 Å². The highest BCUT2D eigenvalue weighted by atomic mass is 16.5. The molecule has 6 heteroatoms. The van der Waals surface area contributed by atoms with Crippen molar-refractivity contribution in [3.8, 4) is 23.1 Å². The van der Waals surface area contributed by atoms with Crippen LogP contribution in [0.1, 0.15) is 50.8 Å². The van der Waals surface area contributed by atoms with Gasteiger partial charge in [-0.2, -0.15) is 10.4 Å². The maximum absolute atomic E-state index is 9.50. The second-order valence-electron chi connectivity index (χ2n) is 9.71. The second-order valence-corrected chi connectivity index (χ2v) is 9.71. The third kappa shape index (κ3) is 4.27. The maximum atomic E-state index is 9.50. The first kappa shape index (κ1) is 22.1. The van der Waals surface area contributed by atoms with E-state index in [2.05, 4.69) is 54.7 Å². The van der Waals surface area contributed by atoms with E-state index in [1.165, 1.54) is 6.42 Å². The Morgan fingerprint density at radius 1 is 1.06 bits per heavy atom. The summed E-state index contributed by atoms with van der Waals surface area (Å²) in [7, 11) is 0. The van der Waals surface area contributed by atoms with Crippen LogP contribution >= 0.6 is 0 Å². The van der Waals surface area contributed by atoms with Gasteiger partial charge >= 0.3 is 0 Å². The number of ether oxygens (including phenoxy) is 2. The van der Waals surface area contributed by atoms with E-state index < -0.39 is 0 Å². The third-order valence-corrected chi connectivity index (χ3v) is 7.34. The predicted molar refractivity (Wildman–Crippen MR) is 137 cm³/mol. The van der Waals surface area contributed by atoms with Crippen LogP contribution in [-0.4, -0.2) is 35.1 Å². The number of rotatable bonds is 5. The van der Waals surface area contributed by atoms with Gasteiger partial charge in [0.1, 0.15) is 17.5 Å². The van der Waals surface area contributed by atoms with Gasteiger partial charge in [-0.05, 0) is 92.7 Å². The fraction of sp³-hybridized carbons (Fsp3) is 0.379. The van der Waals surface area contributed by atoms with E-state index in [9.17, 15) is 5.26 Å². The molecule has 6 nitrogen and oxygen atoms in total. The highest BCUT2D eigenvalue weighted by molar-refractivity contribution is 5.97. The Morgan fingerprint density at radius 2 is 1.94 bits per heavy atom. The lowest BCUT2D eigenvalue weighted by atomic mass is 10.0. The topological polar surface area (TPSA) is 72.1 Å². The molecule has 2 fully saturated rings. The van der Waals surface area contributed by atoms with E-state index in [0.29, 0.717) is 11.6 Å². The van der Waals surface area contributed by atoms with Crippen LogP contribution in [-0.2, 0) is 4.74 Å². The van der Waals surface area contributed by atoms with Gasteiger partial charge < -0.3 is 14.8 Å². The van der Waals surface area contributed by atoms with Crippen LogP contribution in [0.4, 0.5) is 0 Å². The van der Waals surface area contributed by atoms with Gasteiger partial charge in [-0.15, -0.1) is 0 Å². The summed E-state index contributed by atoms with van der Waals surface area (Å²) >= 11 is 0. The number of aromatic nitrogens is 2. The van der Waals surface area contributed by atoms with Gasteiger partial charge in [0, 0.05) is 23.6 Å². The van der Waals surface area contributed by atoms with Gasteiger partial charge in [-0.1, -0.05) is 18.2 Å². The monoisotopic (exact) mass is 466 g/mol. The lowest BCUT2D eigenvalue weighted by Crippen LogP contribution is -2.36. The Hall–Kier alpha value is -3.40. The van der Waals surface area contributed by atoms with Crippen LogP contribution in [0.2, 0.25) is 0 Å². The summed E-state index contributed by atoms with van der Waals surface area (Å²) in [5.41, 5.74) is 3.55. The molecular weight excluding hydrogens is 436 g/mol. The zero-order valence-electron chi connectivity index (χ0n) is 20.0. The molecule has 35 heavy (non-hydrogen) atoms. The molecule has 2 aliphatic heterocycles. The molecule has 2 saturated heterocycles. The molecular formula is C29H30N4O2. The first-order chi connectivity index (χ1) is 17.2. The maximum Gasteiger partial charge on any atom is 0.150 e. The second kappa shape index (κ2) is 9.33. The van der Waals surface area contributed by atoms with Crippen molar-refractivity contribution in [3.63, 3.8) is 0 Å². The molecule has 3 heterocycles. The lowest BCUT2D eigenvalue weighted by molar-refractivity contribution is -0.0365. The average Bonchev–Trinajstić information content (AvgIpc) is 3.57. The molecule has 1 N–H and O–H groups in total. The van der Waals surface area contributed by atoms with Crippen LogP contribution in [0.3, 0.4) is 0 Å². The first-order valence-electron chi connectivity index (χ1n) is 12.7.